The zero-order valence-electron chi connectivity index (χ0n) is 8.90. The van der Waals surface area contributed by atoms with Gasteiger partial charge in [0, 0.05) is 6.42 Å². The molecule has 3 heteroatoms. The number of carbonyl (C=O) groups is 1. The number of hydrogen-bond donors (Lipinski definition) is 0. The largest absolute Gasteiger partial charge is 0.471 e. The minimum Gasteiger partial charge on any atom is -0.471 e. The molecule has 1 unspecified atom stereocenters. The van der Waals surface area contributed by atoms with Gasteiger partial charge in [0.15, 0.2) is 0 Å². The van der Waals surface area contributed by atoms with Crippen molar-refractivity contribution < 1.29 is 9.53 Å². The highest BCUT2D eigenvalue weighted by Crippen LogP contribution is 2.13. The molecule has 0 aliphatic carbocycles. The topological polar surface area (TPSA) is 26.3 Å². The molecule has 0 saturated carbocycles. The monoisotopic (exact) mass is 192 g/mol. The van der Waals surface area contributed by atoms with E-state index in [1.165, 1.54) is 0 Å². The Balaban J connectivity index is 2.49. The highest BCUT2D eigenvalue weighted by atomic mass is 16.5. The van der Waals surface area contributed by atoms with Gasteiger partial charge in [-0.2, -0.15) is 0 Å². The van der Waals surface area contributed by atoms with Crippen molar-refractivity contribution in [2.45, 2.75) is 39.0 Å². The van der Waals surface area contributed by atoms with E-state index in [2.05, 4.69) is 19.0 Å². The SMILES string of the molecule is CCC(=O)OC(CC)B1C=CC=CC1. The summed E-state index contributed by atoms with van der Waals surface area (Å²) in [6.45, 7) is 4.24. The van der Waals surface area contributed by atoms with Gasteiger partial charge in [-0.1, -0.05) is 32.1 Å². The molecule has 0 aromatic carbocycles. The van der Waals surface area contributed by atoms with Crippen LogP contribution in [0.1, 0.15) is 26.7 Å². The van der Waals surface area contributed by atoms with Crippen LogP contribution in [0.5, 0.6) is 0 Å². The second-order valence-corrected chi connectivity index (χ2v) is 3.50. The second-order valence-electron chi connectivity index (χ2n) is 3.50. The summed E-state index contributed by atoms with van der Waals surface area (Å²) in [6.07, 6.45) is 8.50. The summed E-state index contributed by atoms with van der Waals surface area (Å²) in [6, 6.07) is 0.0450. The van der Waals surface area contributed by atoms with Crippen molar-refractivity contribution in [1.29, 1.82) is 0 Å². The average Bonchev–Trinajstić information content (AvgIpc) is 2.26. The Morgan fingerprint density at radius 3 is 2.79 bits per heavy atom. The number of hydrogen-bond acceptors (Lipinski definition) is 2. The van der Waals surface area contributed by atoms with Crippen LogP contribution >= 0.6 is 0 Å². The molecule has 0 aromatic heterocycles. The van der Waals surface area contributed by atoms with E-state index in [0.29, 0.717) is 13.1 Å². The molecule has 1 heterocycles. The molecule has 0 fully saturated rings. The van der Waals surface area contributed by atoms with Crippen LogP contribution in [0, 0.1) is 0 Å². The molecule has 1 rings (SSSR count). The summed E-state index contributed by atoms with van der Waals surface area (Å²) >= 11 is 0. The van der Waals surface area contributed by atoms with E-state index in [9.17, 15) is 4.79 Å². The average molecular weight is 192 g/mol. The summed E-state index contributed by atoms with van der Waals surface area (Å²) in [5, 5.41) is 0. The molecule has 0 N–H and O–H groups in total. The van der Waals surface area contributed by atoms with Gasteiger partial charge in [-0.15, -0.1) is 5.98 Å². The minimum atomic E-state index is -0.0974. The number of carbonyl (C=O) groups excluding carboxylic acids is 1. The van der Waals surface area contributed by atoms with Gasteiger partial charge in [0.1, 0.15) is 0 Å². The van der Waals surface area contributed by atoms with Crippen molar-refractivity contribution >= 4 is 12.7 Å². The fourth-order valence-electron chi connectivity index (χ4n) is 1.60. The molecule has 2 nitrogen and oxygen atoms in total. The summed E-state index contributed by atoms with van der Waals surface area (Å²) in [7, 11) is 0. The van der Waals surface area contributed by atoms with Gasteiger partial charge >= 0.3 is 5.97 Å². The third-order valence-electron chi connectivity index (χ3n) is 2.47. The lowest BCUT2D eigenvalue weighted by molar-refractivity contribution is -0.145. The third kappa shape index (κ3) is 3.06. The van der Waals surface area contributed by atoms with E-state index in [1.54, 1.807) is 0 Å². The molecule has 14 heavy (non-hydrogen) atoms. The first-order valence-electron chi connectivity index (χ1n) is 5.30. The Kier molecular flexibility index (Phi) is 4.50. The van der Waals surface area contributed by atoms with Gasteiger partial charge < -0.3 is 4.74 Å². The molecule has 0 saturated heterocycles. The van der Waals surface area contributed by atoms with E-state index in [0.717, 1.165) is 12.7 Å². The quantitative estimate of drug-likeness (QED) is 0.505. The predicted octanol–water partition coefficient (Wildman–Crippen LogP) is 2.42. The fraction of sp³-hybridized carbons (Fsp3) is 0.545. The van der Waals surface area contributed by atoms with Crippen molar-refractivity contribution in [3.63, 3.8) is 0 Å². The number of allylic oxidation sites excluding steroid dienone is 3. The third-order valence-corrected chi connectivity index (χ3v) is 2.47. The zero-order valence-corrected chi connectivity index (χ0v) is 8.90. The minimum absolute atomic E-state index is 0.0450. The van der Waals surface area contributed by atoms with Crippen LogP contribution in [0.4, 0.5) is 0 Å². The van der Waals surface area contributed by atoms with Crippen LogP contribution in [0.15, 0.2) is 24.2 Å². The predicted molar refractivity (Wildman–Crippen MR) is 59.3 cm³/mol. The van der Waals surface area contributed by atoms with Gasteiger partial charge in [0.25, 0.3) is 0 Å². The first kappa shape index (κ1) is 11.1. The van der Waals surface area contributed by atoms with E-state index >= 15 is 0 Å². The fourth-order valence-corrected chi connectivity index (χ4v) is 1.60. The molecule has 76 valence electrons. The highest BCUT2D eigenvalue weighted by molar-refractivity contribution is 6.66. The smallest absolute Gasteiger partial charge is 0.305 e. The van der Waals surface area contributed by atoms with Crippen LogP contribution in [0.2, 0.25) is 6.32 Å². The zero-order chi connectivity index (χ0) is 10.4. The molecular formula is C11H17BO2. The maximum atomic E-state index is 11.2. The van der Waals surface area contributed by atoms with Gasteiger partial charge in [0.05, 0.1) is 6.00 Å². The Morgan fingerprint density at radius 1 is 1.50 bits per heavy atom. The Labute approximate surface area is 86.1 Å². The van der Waals surface area contributed by atoms with Gasteiger partial charge in [-0.05, 0) is 12.7 Å². The van der Waals surface area contributed by atoms with E-state index in [1.807, 2.05) is 19.1 Å². The number of rotatable bonds is 4. The molecule has 1 aliphatic rings. The molecule has 0 aromatic rings. The maximum Gasteiger partial charge on any atom is 0.305 e. The van der Waals surface area contributed by atoms with E-state index < -0.39 is 0 Å². The molecule has 1 atom stereocenters. The van der Waals surface area contributed by atoms with Gasteiger partial charge in [-0.3, -0.25) is 4.79 Å². The van der Waals surface area contributed by atoms with Crippen LogP contribution in [0.25, 0.3) is 0 Å². The van der Waals surface area contributed by atoms with Gasteiger partial charge in [0.2, 0.25) is 6.71 Å². The molecule has 0 radical (unpaired) electrons. The van der Waals surface area contributed by atoms with E-state index in [4.69, 9.17) is 4.74 Å². The summed E-state index contributed by atoms with van der Waals surface area (Å²) in [5.74, 6) is 2.02. The molecule has 0 bridgehead atoms. The van der Waals surface area contributed by atoms with Gasteiger partial charge in [-0.25, -0.2) is 0 Å². The summed E-state index contributed by atoms with van der Waals surface area (Å²) in [4.78, 5) is 11.2. The van der Waals surface area contributed by atoms with E-state index in [-0.39, 0.29) is 12.0 Å². The van der Waals surface area contributed by atoms with Crippen molar-refractivity contribution in [3.05, 3.63) is 24.2 Å². The van der Waals surface area contributed by atoms with Crippen molar-refractivity contribution in [2.75, 3.05) is 0 Å². The summed E-state index contributed by atoms with van der Waals surface area (Å²) in [5.41, 5.74) is 0. The number of esters is 1. The molecule has 1 aliphatic heterocycles. The lowest BCUT2D eigenvalue weighted by Crippen LogP contribution is -2.33. The maximum absolute atomic E-state index is 11.2. The number of ether oxygens (including phenoxy) is 1. The second kappa shape index (κ2) is 5.68. The van der Waals surface area contributed by atoms with Crippen LogP contribution in [-0.4, -0.2) is 18.7 Å². The lowest BCUT2D eigenvalue weighted by atomic mass is 9.41. The molecule has 0 amide bonds. The molecule has 0 spiro atoms. The van der Waals surface area contributed by atoms with Crippen molar-refractivity contribution in [2.24, 2.45) is 0 Å². The highest BCUT2D eigenvalue weighted by Gasteiger charge is 2.24. The molecular weight excluding hydrogens is 175 g/mol. The first-order chi connectivity index (χ1) is 6.77. The van der Waals surface area contributed by atoms with Crippen molar-refractivity contribution in [1.82, 2.24) is 0 Å². The standard InChI is InChI=1S/C11H17BO2/c1-3-10(14-11(13)4-2)12-8-6-5-7-9-12/h5-8,10H,3-4,9H2,1-2H3. The van der Waals surface area contributed by atoms with Crippen LogP contribution < -0.4 is 0 Å². The Morgan fingerprint density at radius 2 is 2.29 bits per heavy atom. The normalized spacial score (nSPS) is 16.9. The Hall–Kier alpha value is -0.985. The first-order valence-corrected chi connectivity index (χ1v) is 5.30. The van der Waals surface area contributed by atoms with Crippen LogP contribution in [0.3, 0.4) is 0 Å². The van der Waals surface area contributed by atoms with Crippen LogP contribution in [-0.2, 0) is 9.53 Å². The Bertz CT molecular complexity index is 246. The van der Waals surface area contributed by atoms with Crippen molar-refractivity contribution in [3.8, 4) is 0 Å². The summed E-state index contributed by atoms with van der Waals surface area (Å²) < 4.78 is 5.36. The lowest BCUT2D eigenvalue weighted by Gasteiger charge is -2.21.